The Bertz CT molecular complexity index is 1390. The molecule has 0 amide bonds. The summed E-state index contributed by atoms with van der Waals surface area (Å²) in [5.41, 5.74) is 5.60. The van der Waals surface area contributed by atoms with E-state index in [4.69, 9.17) is 16.6 Å². The average Bonchev–Trinajstić information content (AvgIpc) is 3.39. The lowest BCUT2D eigenvalue weighted by Crippen LogP contribution is -2.03. The zero-order chi connectivity index (χ0) is 21.4. The van der Waals surface area contributed by atoms with Crippen molar-refractivity contribution < 1.29 is 4.39 Å². The highest BCUT2D eigenvalue weighted by Crippen LogP contribution is 2.31. The Morgan fingerprint density at radius 2 is 2.00 bits per heavy atom. The number of imidazole rings is 1. The van der Waals surface area contributed by atoms with E-state index in [0.717, 1.165) is 33.9 Å². The Kier molecular flexibility index (Phi) is 4.88. The van der Waals surface area contributed by atoms with E-state index in [0.29, 0.717) is 16.5 Å². The standard InChI is InChI=1S/C23H18ClFN6/c1-14-3-2-4-20(28-14)22-21(15-8-10-31-18(11-15)7-9-27-31)29-23(30-22)26-13-16-5-6-17(24)12-19(16)25/h2-12H,13H2,1H3,(H2,26,29,30). The lowest BCUT2D eigenvalue weighted by Gasteiger charge is -2.05. The topological polar surface area (TPSA) is 70.9 Å². The van der Waals surface area contributed by atoms with Crippen molar-refractivity contribution in [3.8, 4) is 22.6 Å². The van der Waals surface area contributed by atoms with Gasteiger partial charge in [-0.3, -0.25) is 4.98 Å². The molecular weight excluding hydrogens is 415 g/mol. The number of fused-ring (bicyclic) bond motifs is 1. The van der Waals surface area contributed by atoms with E-state index in [-0.39, 0.29) is 12.4 Å². The van der Waals surface area contributed by atoms with Crippen molar-refractivity contribution in [1.82, 2.24) is 24.6 Å². The monoisotopic (exact) mass is 432 g/mol. The van der Waals surface area contributed by atoms with Gasteiger partial charge in [-0.05, 0) is 49.4 Å². The van der Waals surface area contributed by atoms with Crippen molar-refractivity contribution >= 4 is 23.1 Å². The number of aromatic nitrogens is 5. The fourth-order valence-electron chi connectivity index (χ4n) is 3.45. The first-order chi connectivity index (χ1) is 15.1. The molecule has 8 heteroatoms. The van der Waals surface area contributed by atoms with Crippen LogP contribution in [0.3, 0.4) is 0 Å². The van der Waals surface area contributed by atoms with E-state index in [2.05, 4.69) is 20.4 Å². The number of anilines is 1. The molecule has 0 atom stereocenters. The van der Waals surface area contributed by atoms with E-state index >= 15 is 0 Å². The fraction of sp³-hybridized carbons (Fsp3) is 0.0870. The molecule has 0 aliphatic rings. The van der Waals surface area contributed by atoms with Gasteiger partial charge in [-0.15, -0.1) is 0 Å². The maximum absolute atomic E-state index is 14.2. The molecule has 4 aromatic heterocycles. The average molecular weight is 433 g/mol. The van der Waals surface area contributed by atoms with Crippen molar-refractivity contribution in [3.05, 3.63) is 89.1 Å². The Morgan fingerprint density at radius 1 is 1.10 bits per heavy atom. The summed E-state index contributed by atoms with van der Waals surface area (Å²) in [4.78, 5) is 12.7. The molecule has 154 valence electrons. The minimum atomic E-state index is -0.362. The molecule has 0 radical (unpaired) electrons. The molecule has 6 nitrogen and oxygen atoms in total. The summed E-state index contributed by atoms with van der Waals surface area (Å²) in [6.07, 6.45) is 3.64. The Labute approximate surface area is 182 Å². The summed E-state index contributed by atoms with van der Waals surface area (Å²) >= 11 is 5.85. The van der Waals surface area contributed by atoms with Crippen LogP contribution in [0.1, 0.15) is 11.3 Å². The molecule has 5 aromatic rings. The van der Waals surface area contributed by atoms with Crippen LogP contribution in [-0.4, -0.2) is 24.6 Å². The molecule has 0 aliphatic carbocycles. The molecule has 0 saturated carbocycles. The second-order valence-corrected chi connectivity index (χ2v) is 7.62. The molecule has 0 saturated heterocycles. The lowest BCUT2D eigenvalue weighted by atomic mass is 10.1. The van der Waals surface area contributed by atoms with Crippen LogP contribution in [0.4, 0.5) is 10.3 Å². The maximum Gasteiger partial charge on any atom is 0.201 e. The van der Waals surface area contributed by atoms with Crippen LogP contribution < -0.4 is 5.32 Å². The molecule has 1 aromatic carbocycles. The van der Waals surface area contributed by atoms with Gasteiger partial charge in [-0.1, -0.05) is 23.7 Å². The second-order valence-electron chi connectivity index (χ2n) is 7.18. The van der Waals surface area contributed by atoms with Gasteiger partial charge in [0.2, 0.25) is 5.95 Å². The highest BCUT2D eigenvalue weighted by atomic mass is 35.5. The Balaban J connectivity index is 1.54. The van der Waals surface area contributed by atoms with Gasteiger partial charge in [0.25, 0.3) is 0 Å². The Morgan fingerprint density at radius 3 is 2.84 bits per heavy atom. The number of hydrogen-bond acceptors (Lipinski definition) is 4. The molecule has 0 spiro atoms. The van der Waals surface area contributed by atoms with Crippen LogP contribution in [0.2, 0.25) is 5.02 Å². The summed E-state index contributed by atoms with van der Waals surface area (Å²) in [7, 11) is 0. The molecule has 2 N–H and O–H groups in total. The summed E-state index contributed by atoms with van der Waals surface area (Å²) in [6.45, 7) is 2.21. The number of halogens is 2. The van der Waals surface area contributed by atoms with Gasteiger partial charge in [0.05, 0.1) is 16.9 Å². The third-order valence-corrected chi connectivity index (χ3v) is 5.22. The predicted molar refractivity (Wildman–Crippen MR) is 119 cm³/mol. The smallest absolute Gasteiger partial charge is 0.201 e. The zero-order valence-corrected chi connectivity index (χ0v) is 17.4. The number of benzene rings is 1. The molecule has 0 aliphatic heterocycles. The van der Waals surface area contributed by atoms with E-state index in [1.165, 1.54) is 6.07 Å². The number of aryl methyl sites for hydroxylation is 1. The maximum atomic E-state index is 14.2. The molecule has 0 unspecified atom stereocenters. The SMILES string of the molecule is Cc1cccc(-c2[nH]c(NCc3ccc(Cl)cc3F)nc2-c2ccn3nccc3c2)n1. The van der Waals surface area contributed by atoms with Gasteiger partial charge in [0.1, 0.15) is 11.5 Å². The van der Waals surface area contributed by atoms with Crippen molar-refractivity contribution in [3.63, 3.8) is 0 Å². The number of aromatic amines is 1. The van der Waals surface area contributed by atoms with Crippen LogP contribution in [0.5, 0.6) is 0 Å². The van der Waals surface area contributed by atoms with Crippen molar-refractivity contribution in [1.29, 1.82) is 0 Å². The third-order valence-electron chi connectivity index (χ3n) is 4.98. The summed E-state index contributed by atoms with van der Waals surface area (Å²) in [5.74, 6) is 0.162. The van der Waals surface area contributed by atoms with Crippen LogP contribution in [0.25, 0.3) is 28.2 Å². The highest BCUT2D eigenvalue weighted by Gasteiger charge is 2.16. The number of pyridine rings is 2. The largest absolute Gasteiger partial charge is 0.352 e. The third kappa shape index (κ3) is 3.87. The number of hydrogen-bond donors (Lipinski definition) is 2. The van der Waals surface area contributed by atoms with E-state index in [9.17, 15) is 4.39 Å². The van der Waals surface area contributed by atoms with Crippen LogP contribution >= 0.6 is 11.6 Å². The van der Waals surface area contributed by atoms with Crippen LogP contribution in [-0.2, 0) is 6.54 Å². The minimum Gasteiger partial charge on any atom is -0.352 e. The quantitative estimate of drug-likeness (QED) is 0.384. The molecule has 31 heavy (non-hydrogen) atoms. The van der Waals surface area contributed by atoms with Gasteiger partial charge in [-0.25, -0.2) is 13.9 Å². The number of rotatable bonds is 5. The number of nitrogens with zero attached hydrogens (tertiary/aromatic N) is 4. The van der Waals surface area contributed by atoms with E-state index < -0.39 is 0 Å². The first kappa shape index (κ1) is 19.3. The van der Waals surface area contributed by atoms with Gasteiger partial charge in [0.15, 0.2) is 0 Å². The highest BCUT2D eigenvalue weighted by molar-refractivity contribution is 6.30. The zero-order valence-electron chi connectivity index (χ0n) is 16.6. The normalized spacial score (nSPS) is 11.2. The number of H-pyrrole nitrogens is 1. The van der Waals surface area contributed by atoms with Gasteiger partial charge in [0, 0.05) is 40.8 Å². The summed E-state index contributed by atoms with van der Waals surface area (Å²) in [5, 5.41) is 7.79. The van der Waals surface area contributed by atoms with Gasteiger partial charge in [-0.2, -0.15) is 5.10 Å². The second kappa shape index (κ2) is 7.85. The first-order valence-corrected chi connectivity index (χ1v) is 10.1. The molecular formula is C23H18ClFN6. The van der Waals surface area contributed by atoms with E-state index in [1.807, 2.05) is 49.5 Å². The van der Waals surface area contributed by atoms with Gasteiger partial charge >= 0.3 is 0 Å². The molecule has 0 bridgehead atoms. The van der Waals surface area contributed by atoms with Crippen molar-refractivity contribution in [2.75, 3.05) is 5.32 Å². The molecule has 5 rings (SSSR count). The van der Waals surface area contributed by atoms with Gasteiger partial charge < -0.3 is 10.3 Å². The van der Waals surface area contributed by atoms with Crippen LogP contribution in [0, 0.1) is 12.7 Å². The van der Waals surface area contributed by atoms with Crippen molar-refractivity contribution in [2.24, 2.45) is 0 Å². The summed E-state index contributed by atoms with van der Waals surface area (Å²) in [6, 6.07) is 16.4. The first-order valence-electron chi connectivity index (χ1n) is 9.72. The van der Waals surface area contributed by atoms with Crippen molar-refractivity contribution in [2.45, 2.75) is 13.5 Å². The fourth-order valence-corrected chi connectivity index (χ4v) is 3.61. The van der Waals surface area contributed by atoms with E-state index in [1.54, 1.807) is 22.8 Å². The lowest BCUT2D eigenvalue weighted by molar-refractivity contribution is 0.613. The number of nitrogens with one attached hydrogen (secondary N) is 2. The molecule has 0 fully saturated rings. The van der Waals surface area contributed by atoms with Crippen LogP contribution in [0.15, 0.2) is 67.0 Å². The minimum absolute atomic E-state index is 0.262. The molecule has 4 heterocycles. The summed E-state index contributed by atoms with van der Waals surface area (Å²) < 4.78 is 16.0. The predicted octanol–water partition coefficient (Wildman–Crippen LogP) is 5.50. The Hall–Kier alpha value is -3.71.